The lowest BCUT2D eigenvalue weighted by molar-refractivity contribution is -0.114. The Hall–Kier alpha value is -2.92. The maximum absolute atomic E-state index is 13.4. The van der Waals surface area contributed by atoms with Crippen LogP contribution in [-0.2, 0) is 4.79 Å². The summed E-state index contributed by atoms with van der Waals surface area (Å²) < 4.78 is 0. The van der Waals surface area contributed by atoms with Crippen LogP contribution in [0.25, 0.3) is 0 Å². The zero-order valence-electron chi connectivity index (χ0n) is 16.9. The van der Waals surface area contributed by atoms with Crippen LogP contribution in [-0.4, -0.2) is 47.8 Å². The van der Waals surface area contributed by atoms with E-state index in [2.05, 4.69) is 18.7 Å². The summed E-state index contributed by atoms with van der Waals surface area (Å²) in [5.41, 5.74) is 1.39. The number of hydrogen-bond acceptors (Lipinski definition) is 4. The van der Waals surface area contributed by atoms with Crippen molar-refractivity contribution in [3.63, 3.8) is 0 Å². The number of carbonyl (C=O) groups excluding carboxylic acids is 1. The van der Waals surface area contributed by atoms with Gasteiger partial charge >= 0.3 is 0 Å². The molecule has 0 atom stereocenters. The number of amides is 1. The third-order valence-electron chi connectivity index (χ3n) is 4.74. The van der Waals surface area contributed by atoms with Gasteiger partial charge < -0.3 is 14.9 Å². The average molecular weight is 380 g/mol. The quantitative estimate of drug-likeness (QED) is 0.389. The Bertz CT molecular complexity index is 808. The minimum Gasteiger partial charge on any atom is -0.512 e. The first kappa shape index (κ1) is 21.4. The van der Waals surface area contributed by atoms with E-state index < -0.39 is 0 Å². The molecule has 0 heterocycles. The van der Waals surface area contributed by atoms with Gasteiger partial charge in [-0.1, -0.05) is 62.4 Å². The van der Waals surface area contributed by atoms with Gasteiger partial charge in [0.15, 0.2) is 0 Å². The molecule has 2 rings (SSSR count). The maximum atomic E-state index is 13.4. The monoisotopic (exact) mass is 379 g/mol. The Labute approximate surface area is 167 Å². The smallest absolute Gasteiger partial charge is 0.263 e. The van der Waals surface area contributed by atoms with Gasteiger partial charge in [-0.25, -0.2) is 0 Å². The summed E-state index contributed by atoms with van der Waals surface area (Å²) in [4.78, 5) is 17.3. The first-order valence-electron chi connectivity index (χ1n) is 9.63. The Morgan fingerprint density at radius 2 is 1.46 bits per heavy atom. The van der Waals surface area contributed by atoms with Crippen molar-refractivity contribution in [3.05, 3.63) is 77.6 Å². The molecule has 148 valence electrons. The molecule has 2 N–H and O–H groups in total. The average Bonchev–Trinajstić information content (AvgIpc) is 2.72. The number of nitrogens with zero attached hydrogens (tertiary/aromatic N) is 2. The second-order valence-electron chi connectivity index (χ2n) is 6.52. The second-order valence-corrected chi connectivity index (χ2v) is 6.52. The number of anilines is 1. The zero-order valence-corrected chi connectivity index (χ0v) is 16.9. The lowest BCUT2D eigenvalue weighted by atomic mass is 10.00. The van der Waals surface area contributed by atoms with Crippen molar-refractivity contribution >= 4 is 17.3 Å². The number of benzene rings is 2. The molecule has 5 heteroatoms. The predicted octanol–water partition coefficient (Wildman–Crippen LogP) is 4.26. The molecule has 0 saturated carbocycles. The summed E-state index contributed by atoms with van der Waals surface area (Å²) in [5, 5.41) is 18.8. The molecule has 5 nitrogen and oxygen atoms in total. The Morgan fingerprint density at radius 3 is 1.96 bits per heavy atom. The molecular formula is C23H29N3O2. The van der Waals surface area contributed by atoms with Gasteiger partial charge in [-0.2, -0.15) is 0 Å². The van der Waals surface area contributed by atoms with Crippen LogP contribution in [0.4, 0.5) is 5.69 Å². The van der Waals surface area contributed by atoms with Crippen LogP contribution in [0.3, 0.4) is 0 Å². The molecule has 0 radical (unpaired) electrons. The summed E-state index contributed by atoms with van der Waals surface area (Å²) in [6, 6.07) is 18.4. The van der Waals surface area contributed by atoms with Crippen molar-refractivity contribution in [1.82, 2.24) is 4.90 Å². The van der Waals surface area contributed by atoms with Crippen LogP contribution in [0.5, 0.6) is 0 Å². The van der Waals surface area contributed by atoms with E-state index in [9.17, 15) is 9.90 Å². The van der Waals surface area contributed by atoms with E-state index >= 15 is 0 Å². The van der Waals surface area contributed by atoms with Crippen molar-refractivity contribution in [2.45, 2.75) is 20.8 Å². The first-order chi connectivity index (χ1) is 13.5. The highest BCUT2D eigenvalue weighted by atomic mass is 16.3. The van der Waals surface area contributed by atoms with Crippen LogP contribution in [0, 0.1) is 5.41 Å². The largest absolute Gasteiger partial charge is 0.512 e. The third kappa shape index (κ3) is 5.30. The predicted molar refractivity (Wildman–Crippen MR) is 115 cm³/mol. The standard InChI is InChI=1S/C23H29N3O2/c1-4-25(5-2)16-17-26(20-14-10-7-11-15-20)23(28)21(18(3)27)22(24)19-12-8-6-9-13-19/h6-15,24,27H,4-5,16-17H2,1-3H3. The Kier molecular flexibility index (Phi) is 7.96. The van der Waals surface area contributed by atoms with E-state index in [0.29, 0.717) is 18.7 Å². The number of hydrogen-bond donors (Lipinski definition) is 2. The molecule has 0 aromatic heterocycles. The molecule has 28 heavy (non-hydrogen) atoms. The molecule has 1 amide bonds. The molecule has 0 fully saturated rings. The third-order valence-corrected chi connectivity index (χ3v) is 4.74. The van der Waals surface area contributed by atoms with Crippen molar-refractivity contribution in [3.8, 4) is 0 Å². The number of rotatable bonds is 9. The molecule has 2 aromatic carbocycles. The summed E-state index contributed by atoms with van der Waals surface area (Å²) in [5.74, 6) is -0.519. The van der Waals surface area contributed by atoms with E-state index in [4.69, 9.17) is 5.41 Å². The SMILES string of the molecule is CCN(CC)CCN(C(=O)C(C(=N)c1ccccc1)=C(C)O)c1ccccc1. The second kappa shape index (κ2) is 10.4. The van der Waals surface area contributed by atoms with Gasteiger partial charge in [0.25, 0.3) is 5.91 Å². The van der Waals surface area contributed by atoms with Gasteiger partial charge in [0.2, 0.25) is 0 Å². The number of carbonyl (C=O) groups is 1. The van der Waals surface area contributed by atoms with E-state index in [1.807, 2.05) is 48.5 Å². The summed E-state index contributed by atoms with van der Waals surface area (Å²) >= 11 is 0. The van der Waals surface area contributed by atoms with Crippen LogP contribution >= 0.6 is 0 Å². The Morgan fingerprint density at radius 1 is 0.929 bits per heavy atom. The zero-order chi connectivity index (χ0) is 20.5. The van der Waals surface area contributed by atoms with E-state index in [-0.39, 0.29) is 23.0 Å². The fourth-order valence-corrected chi connectivity index (χ4v) is 3.06. The number of aliphatic hydroxyl groups excluding tert-OH is 1. The van der Waals surface area contributed by atoms with Crippen molar-refractivity contribution in [2.24, 2.45) is 0 Å². The molecule has 0 unspecified atom stereocenters. The minimum absolute atomic E-state index is 0.0226. The molecule has 2 aromatic rings. The van der Waals surface area contributed by atoms with Crippen LogP contribution in [0.1, 0.15) is 26.3 Å². The summed E-state index contributed by atoms with van der Waals surface area (Å²) in [7, 11) is 0. The van der Waals surface area contributed by atoms with Gasteiger partial charge in [0, 0.05) is 24.3 Å². The van der Waals surface area contributed by atoms with Gasteiger partial charge in [-0.15, -0.1) is 0 Å². The fourth-order valence-electron chi connectivity index (χ4n) is 3.06. The van der Waals surface area contributed by atoms with Gasteiger partial charge in [0.1, 0.15) is 11.3 Å². The number of aliphatic hydroxyl groups is 1. The van der Waals surface area contributed by atoms with E-state index in [0.717, 1.165) is 18.8 Å². The molecule has 0 aliphatic heterocycles. The molecule has 0 aliphatic carbocycles. The molecule has 0 spiro atoms. The number of para-hydroxylation sites is 1. The van der Waals surface area contributed by atoms with Crippen LogP contribution < -0.4 is 4.90 Å². The lowest BCUT2D eigenvalue weighted by Gasteiger charge is -2.28. The fraction of sp³-hybridized carbons (Fsp3) is 0.304. The molecule has 0 aliphatic rings. The van der Waals surface area contributed by atoms with E-state index in [1.165, 1.54) is 6.92 Å². The Balaban J connectivity index is 2.38. The summed E-state index contributed by atoms with van der Waals surface area (Å²) in [6.07, 6.45) is 0. The van der Waals surface area contributed by atoms with Gasteiger partial charge in [0.05, 0.1) is 5.71 Å². The number of allylic oxidation sites excluding steroid dienone is 1. The van der Waals surface area contributed by atoms with Crippen LogP contribution in [0.15, 0.2) is 72.0 Å². The maximum Gasteiger partial charge on any atom is 0.263 e. The van der Waals surface area contributed by atoms with Gasteiger partial charge in [-0.05, 0) is 32.1 Å². The highest BCUT2D eigenvalue weighted by Gasteiger charge is 2.26. The molecule has 0 bridgehead atoms. The number of likely N-dealkylation sites (N-methyl/N-ethyl adjacent to an activating group) is 1. The highest BCUT2D eigenvalue weighted by Crippen LogP contribution is 2.20. The van der Waals surface area contributed by atoms with Crippen molar-refractivity contribution in [1.29, 1.82) is 5.41 Å². The number of nitrogens with one attached hydrogen (secondary N) is 1. The minimum atomic E-state index is -0.368. The normalized spacial score (nSPS) is 11.9. The van der Waals surface area contributed by atoms with Crippen molar-refractivity contribution < 1.29 is 9.90 Å². The van der Waals surface area contributed by atoms with E-state index in [1.54, 1.807) is 17.0 Å². The summed E-state index contributed by atoms with van der Waals surface area (Å²) in [6.45, 7) is 8.62. The van der Waals surface area contributed by atoms with Gasteiger partial charge in [-0.3, -0.25) is 10.2 Å². The first-order valence-corrected chi connectivity index (χ1v) is 9.63. The van der Waals surface area contributed by atoms with Crippen molar-refractivity contribution in [2.75, 3.05) is 31.1 Å². The molecule has 0 saturated heterocycles. The lowest BCUT2D eigenvalue weighted by Crippen LogP contribution is -2.41. The van der Waals surface area contributed by atoms with Crippen LogP contribution in [0.2, 0.25) is 0 Å². The topological polar surface area (TPSA) is 67.6 Å². The highest BCUT2D eigenvalue weighted by molar-refractivity contribution is 6.30. The molecular weight excluding hydrogens is 350 g/mol.